The highest BCUT2D eigenvalue weighted by Crippen LogP contribution is 2.22. The summed E-state index contributed by atoms with van der Waals surface area (Å²) in [4.78, 5) is 38.2. The topological polar surface area (TPSA) is 78.5 Å². The molecule has 27 heavy (non-hydrogen) atoms. The number of likely N-dealkylation sites (tertiary alicyclic amines) is 1. The van der Waals surface area contributed by atoms with E-state index in [1.165, 1.54) is 12.8 Å². The molecule has 6 heteroatoms. The lowest BCUT2D eigenvalue weighted by atomic mass is 10.1. The standard InChI is InChI=1S/C21H31N3O3/c1-4-5-6-7-12-22-20(26)16-8-10-18(11-9-16)23-21(27)17-13-19(25)24(14-17)15(2)3/h8-11,15,17H,4-7,12-14H2,1-3H3,(H,22,26)(H,23,27). The second-order valence-electron chi connectivity index (χ2n) is 7.42. The summed E-state index contributed by atoms with van der Waals surface area (Å²) in [5, 5.41) is 5.76. The summed E-state index contributed by atoms with van der Waals surface area (Å²) < 4.78 is 0. The minimum Gasteiger partial charge on any atom is -0.352 e. The van der Waals surface area contributed by atoms with E-state index >= 15 is 0 Å². The van der Waals surface area contributed by atoms with Gasteiger partial charge in [0.2, 0.25) is 11.8 Å². The van der Waals surface area contributed by atoms with Crippen LogP contribution in [0.1, 0.15) is 63.2 Å². The lowest BCUT2D eigenvalue weighted by Crippen LogP contribution is -2.33. The molecule has 0 spiro atoms. The molecule has 6 nitrogen and oxygen atoms in total. The van der Waals surface area contributed by atoms with Crippen LogP contribution in [0.4, 0.5) is 5.69 Å². The molecule has 1 saturated heterocycles. The van der Waals surface area contributed by atoms with Gasteiger partial charge in [0.25, 0.3) is 5.91 Å². The van der Waals surface area contributed by atoms with Crippen molar-refractivity contribution in [1.29, 1.82) is 0 Å². The molecule has 2 N–H and O–H groups in total. The van der Waals surface area contributed by atoms with Crippen molar-refractivity contribution in [2.45, 2.75) is 58.9 Å². The van der Waals surface area contributed by atoms with Crippen LogP contribution in [0, 0.1) is 5.92 Å². The van der Waals surface area contributed by atoms with Crippen LogP contribution in [0.3, 0.4) is 0 Å². The van der Waals surface area contributed by atoms with E-state index in [0.29, 0.717) is 24.3 Å². The van der Waals surface area contributed by atoms with Crippen molar-refractivity contribution in [2.75, 3.05) is 18.4 Å². The fraction of sp³-hybridized carbons (Fsp3) is 0.571. The lowest BCUT2D eigenvalue weighted by molar-refractivity contribution is -0.129. The molecule has 1 aromatic carbocycles. The van der Waals surface area contributed by atoms with Gasteiger partial charge in [-0.2, -0.15) is 0 Å². The molecule has 0 aromatic heterocycles. The summed E-state index contributed by atoms with van der Waals surface area (Å²) in [6, 6.07) is 6.96. The van der Waals surface area contributed by atoms with E-state index in [1.807, 2.05) is 13.8 Å². The number of amides is 3. The van der Waals surface area contributed by atoms with E-state index in [1.54, 1.807) is 29.2 Å². The third-order valence-corrected chi connectivity index (χ3v) is 4.88. The molecule has 1 aliphatic heterocycles. The fourth-order valence-corrected chi connectivity index (χ4v) is 3.21. The monoisotopic (exact) mass is 373 g/mol. The number of carbonyl (C=O) groups excluding carboxylic acids is 3. The van der Waals surface area contributed by atoms with Gasteiger partial charge in [-0.05, 0) is 44.5 Å². The number of hydrogen-bond donors (Lipinski definition) is 2. The molecule has 0 aliphatic carbocycles. The molecule has 3 amide bonds. The zero-order chi connectivity index (χ0) is 19.8. The van der Waals surface area contributed by atoms with Crippen LogP contribution in [0.5, 0.6) is 0 Å². The number of unbranched alkanes of at least 4 members (excludes halogenated alkanes) is 3. The largest absolute Gasteiger partial charge is 0.352 e. The number of nitrogens with one attached hydrogen (secondary N) is 2. The van der Waals surface area contributed by atoms with E-state index in [-0.39, 0.29) is 36.1 Å². The van der Waals surface area contributed by atoms with Crippen molar-refractivity contribution in [3.63, 3.8) is 0 Å². The Morgan fingerprint density at radius 1 is 1.15 bits per heavy atom. The number of anilines is 1. The molecule has 1 fully saturated rings. The maximum Gasteiger partial charge on any atom is 0.251 e. The fourth-order valence-electron chi connectivity index (χ4n) is 3.21. The highest BCUT2D eigenvalue weighted by Gasteiger charge is 2.35. The van der Waals surface area contributed by atoms with Gasteiger partial charge in [0.1, 0.15) is 0 Å². The first kappa shape index (κ1) is 20.9. The maximum atomic E-state index is 12.4. The van der Waals surface area contributed by atoms with Crippen LogP contribution in [-0.2, 0) is 9.59 Å². The van der Waals surface area contributed by atoms with Crippen LogP contribution >= 0.6 is 0 Å². The molecule has 1 heterocycles. The third kappa shape index (κ3) is 6.08. The van der Waals surface area contributed by atoms with E-state index in [9.17, 15) is 14.4 Å². The van der Waals surface area contributed by atoms with E-state index in [0.717, 1.165) is 12.8 Å². The number of rotatable bonds is 9. The molecule has 2 rings (SSSR count). The van der Waals surface area contributed by atoms with Gasteiger partial charge in [-0.3, -0.25) is 14.4 Å². The molecular weight excluding hydrogens is 342 g/mol. The van der Waals surface area contributed by atoms with Crippen molar-refractivity contribution in [3.05, 3.63) is 29.8 Å². The van der Waals surface area contributed by atoms with Gasteiger partial charge in [0.05, 0.1) is 5.92 Å². The SMILES string of the molecule is CCCCCCNC(=O)c1ccc(NC(=O)C2CC(=O)N(C(C)C)C2)cc1. The zero-order valence-electron chi connectivity index (χ0n) is 16.6. The number of carbonyl (C=O) groups is 3. The Morgan fingerprint density at radius 3 is 2.44 bits per heavy atom. The normalized spacial score (nSPS) is 16.7. The van der Waals surface area contributed by atoms with Gasteiger partial charge in [0, 0.05) is 36.8 Å². The van der Waals surface area contributed by atoms with Gasteiger partial charge in [-0.25, -0.2) is 0 Å². The van der Waals surface area contributed by atoms with Gasteiger partial charge < -0.3 is 15.5 Å². The van der Waals surface area contributed by atoms with Gasteiger partial charge in [0.15, 0.2) is 0 Å². The average Bonchev–Trinajstić information content (AvgIpc) is 3.04. The minimum atomic E-state index is -0.328. The minimum absolute atomic E-state index is 0.0242. The molecule has 1 atom stereocenters. The van der Waals surface area contributed by atoms with Crippen LogP contribution in [-0.4, -0.2) is 41.8 Å². The van der Waals surface area contributed by atoms with Gasteiger partial charge in [-0.15, -0.1) is 0 Å². The molecular formula is C21H31N3O3. The summed E-state index contributed by atoms with van der Waals surface area (Å²) in [5.74, 6) is -0.555. The highest BCUT2D eigenvalue weighted by atomic mass is 16.2. The van der Waals surface area contributed by atoms with Crippen LogP contribution in [0.15, 0.2) is 24.3 Å². The summed E-state index contributed by atoms with van der Waals surface area (Å²) in [6.07, 6.45) is 4.72. The van der Waals surface area contributed by atoms with E-state index in [4.69, 9.17) is 0 Å². The Labute approximate surface area is 161 Å². The van der Waals surface area contributed by atoms with Crippen LogP contribution in [0.25, 0.3) is 0 Å². The Morgan fingerprint density at radius 2 is 1.85 bits per heavy atom. The number of benzene rings is 1. The predicted octanol–water partition coefficient (Wildman–Crippen LogP) is 3.19. The average molecular weight is 373 g/mol. The molecule has 1 aliphatic rings. The Kier molecular flexibility index (Phi) is 7.82. The van der Waals surface area contributed by atoms with Gasteiger partial charge in [-0.1, -0.05) is 26.2 Å². The summed E-state index contributed by atoms with van der Waals surface area (Å²) in [7, 11) is 0. The van der Waals surface area contributed by atoms with E-state index in [2.05, 4.69) is 17.6 Å². The van der Waals surface area contributed by atoms with Crippen LogP contribution in [0.2, 0.25) is 0 Å². The predicted molar refractivity (Wildman–Crippen MR) is 107 cm³/mol. The van der Waals surface area contributed by atoms with Crippen molar-refractivity contribution in [3.8, 4) is 0 Å². The molecule has 0 saturated carbocycles. The zero-order valence-corrected chi connectivity index (χ0v) is 16.6. The first-order valence-corrected chi connectivity index (χ1v) is 9.91. The van der Waals surface area contributed by atoms with Gasteiger partial charge >= 0.3 is 0 Å². The highest BCUT2D eigenvalue weighted by molar-refractivity contribution is 5.98. The quantitative estimate of drug-likeness (QED) is 0.653. The number of hydrogen-bond acceptors (Lipinski definition) is 3. The molecule has 1 aromatic rings. The van der Waals surface area contributed by atoms with Crippen LogP contribution < -0.4 is 10.6 Å². The first-order chi connectivity index (χ1) is 12.9. The lowest BCUT2D eigenvalue weighted by Gasteiger charge is -2.20. The van der Waals surface area contributed by atoms with Crippen molar-refractivity contribution in [2.24, 2.45) is 5.92 Å². The third-order valence-electron chi connectivity index (χ3n) is 4.88. The Hall–Kier alpha value is -2.37. The second kappa shape index (κ2) is 10.1. The second-order valence-corrected chi connectivity index (χ2v) is 7.42. The first-order valence-electron chi connectivity index (χ1n) is 9.91. The molecule has 0 radical (unpaired) electrons. The smallest absolute Gasteiger partial charge is 0.251 e. The maximum absolute atomic E-state index is 12.4. The summed E-state index contributed by atoms with van der Waals surface area (Å²) in [5.41, 5.74) is 1.21. The molecule has 148 valence electrons. The summed E-state index contributed by atoms with van der Waals surface area (Å²) >= 11 is 0. The van der Waals surface area contributed by atoms with Crippen molar-refractivity contribution >= 4 is 23.4 Å². The Bertz CT molecular complexity index is 655. The van der Waals surface area contributed by atoms with Crippen molar-refractivity contribution < 1.29 is 14.4 Å². The van der Waals surface area contributed by atoms with Crippen molar-refractivity contribution in [1.82, 2.24) is 10.2 Å². The molecule has 0 bridgehead atoms. The summed E-state index contributed by atoms with van der Waals surface area (Å²) in [6.45, 7) is 7.20. The molecule has 1 unspecified atom stereocenters. The Balaban J connectivity index is 1.82. The number of nitrogens with zero attached hydrogens (tertiary/aromatic N) is 1. The van der Waals surface area contributed by atoms with E-state index < -0.39 is 0 Å².